The average Bonchev–Trinajstić information content (AvgIpc) is 2.82. The van der Waals surface area contributed by atoms with Crippen LogP contribution in [0.2, 0.25) is 5.02 Å². The van der Waals surface area contributed by atoms with Gasteiger partial charge in [0.05, 0.1) is 5.75 Å². The Hall–Kier alpha value is -1.79. The van der Waals surface area contributed by atoms with Gasteiger partial charge in [-0.3, -0.25) is 0 Å². The van der Waals surface area contributed by atoms with Crippen LogP contribution in [0.25, 0.3) is 0 Å². The van der Waals surface area contributed by atoms with Gasteiger partial charge in [-0.1, -0.05) is 29.8 Å². The Morgan fingerprint density at radius 2 is 1.89 bits per heavy atom. The molecule has 0 aliphatic rings. The zero-order valence-electron chi connectivity index (χ0n) is 9.54. The Balaban J connectivity index is 2.32. The van der Waals surface area contributed by atoms with Gasteiger partial charge < -0.3 is 9.52 Å². The van der Waals surface area contributed by atoms with Gasteiger partial charge in [0.15, 0.2) is 0 Å². The maximum atomic E-state index is 12.0. The van der Waals surface area contributed by atoms with Gasteiger partial charge in [-0.25, -0.2) is 13.2 Å². The van der Waals surface area contributed by atoms with Crippen molar-refractivity contribution in [1.82, 2.24) is 0 Å². The van der Waals surface area contributed by atoms with Gasteiger partial charge in [0.25, 0.3) is 0 Å². The molecule has 1 aromatic carbocycles. The van der Waals surface area contributed by atoms with Crippen LogP contribution in [-0.2, 0) is 15.6 Å². The lowest BCUT2D eigenvalue weighted by atomic mass is 10.2. The summed E-state index contributed by atoms with van der Waals surface area (Å²) in [5, 5.41) is 8.63. The molecule has 1 heterocycles. The van der Waals surface area contributed by atoms with E-state index in [2.05, 4.69) is 0 Å². The molecule has 0 aliphatic carbocycles. The maximum Gasteiger partial charge on any atom is 0.371 e. The summed E-state index contributed by atoms with van der Waals surface area (Å²) in [4.78, 5) is 10.6. The topological polar surface area (TPSA) is 84.6 Å². The molecule has 19 heavy (non-hydrogen) atoms. The van der Waals surface area contributed by atoms with E-state index < -0.39 is 21.6 Å². The number of hydrogen-bond acceptors (Lipinski definition) is 4. The number of carbonyl (C=O) groups is 1. The molecular formula is C12H9ClO5S. The fourth-order valence-corrected chi connectivity index (χ4v) is 3.07. The van der Waals surface area contributed by atoms with Crippen molar-refractivity contribution in [3.8, 4) is 0 Å². The van der Waals surface area contributed by atoms with E-state index in [0.717, 1.165) is 12.1 Å². The lowest BCUT2D eigenvalue weighted by molar-refractivity contribution is 0.0656. The SMILES string of the molecule is O=C(O)c1ccc(S(=O)(=O)Cc2ccccc2Cl)o1. The summed E-state index contributed by atoms with van der Waals surface area (Å²) in [5.41, 5.74) is 0.428. The van der Waals surface area contributed by atoms with E-state index in [4.69, 9.17) is 21.1 Å². The van der Waals surface area contributed by atoms with Gasteiger partial charge in [-0.05, 0) is 23.8 Å². The monoisotopic (exact) mass is 300 g/mol. The first-order chi connectivity index (χ1) is 8.90. The second kappa shape index (κ2) is 5.07. The van der Waals surface area contributed by atoms with Crippen molar-refractivity contribution in [1.29, 1.82) is 0 Å². The van der Waals surface area contributed by atoms with E-state index in [-0.39, 0.29) is 10.8 Å². The summed E-state index contributed by atoms with van der Waals surface area (Å²) in [6.07, 6.45) is 0. The van der Waals surface area contributed by atoms with Crippen LogP contribution in [0.5, 0.6) is 0 Å². The third kappa shape index (κ3) is 2.97. The highest BCUT2D eigenvalue weighted by atomic mass is 35.5. The summed E-state index contributed by atoms with van der Waals surface area (Å²) in [6, 6.07) is 8.74. The molecular weight excluding hydrogens is 292 g/mol. The molecule has 0 atom stereocenters. The van der Waals surface area contributed by atoms with Gasteiger partial charge in [-0.2, -0.15) is 0 Å². The molecule has 2 rings (SSSR count). The Kier molecular flexibility index (Phi) is 3.64. The van der Waals surface area contributed by atoms with Crippen molar-refractivity contribution >= 4 is 27.4 Å². The highest BCUT2D eigenvalue weighted by Crippen LogP contribution is 2.23. The second-order valence-corrected chi connectivity index (χ2v) is 6.10. The van der Waals surface area contributed by atoms with Crippen molar-refractivity contribution in [3.63, 3.8) is 0 Å². The molecule has 0 radical (unpaired) electrons. The molecule has 1 aromatic heterocycles. The van der Waals surface area contributed by atoms with Crippen LogP contribution < -0.4 is 0 Å². The van der Waals surface area contributed by atoms with E-state index in [1.807, 2.05) is 0 Å². The molecule has 0 bridgehead atoms. The predicted molar refractivity (Wildman–Crippen MR) is 68.0 cm³/mol. The van der Waals surface area contributed by atoms with Crippen LogP contribution in [0.3, 0.4) is 0 Å². The van der Waals surface area contributed by atoms with E-state index in [9.17, 15) is 13.2 Å². The second-order valence-electron chi connectivity index (χ2n) is 3.77. The fourth-order valence-electron chi connectivity index (χ4n) is 1.49. The van der Waals surface area contributed by atoms with Gasteiger partial charge in [0.2, 0.25) is 20.7 Å². The van der Waals surface area contributed by atoms with Crippen LogP contribution in [0.4, 0.5) is 0 Å². The largest absolute Gasteiger partial charge is 0.475 e. The summed E-state index contributed by atoms with van der Waals surface area (Å²) >= 11 is 5.88. The molecule has 0 fully saturated rings. The number of sulfone groups is 1. The Bertz CT molecular complexity index is 717. The Labute approximate surface area is 114 Å². The minimum atomic E-state index is -3.76. The summed E-state index contributed by atoms with van der Waals surface area (Å²) in [6.45, 7) is 0. The number of furan rings is 1. The molecule has 0 unspecified atom stereocenters. The normalized spacial score (nSPS) is 11.4. The molecule has 2 aromatic rings. The van der Waals surface area contributed by atoms with Crippen molar-refractivity contribution in [2.75, 3.05) is 0 Å². The smallest absolute Gasteiger partial charge is 0.371 e. The first kappa shape index (κ1) is 13.6. The standard InChI is InChI=1S/C12H9ClO5S/c13-9-4-2-1-3-8(9)7-19(16,17)11-6-5-10(18-11)12(14)15/h1-6H,7H2,(H,14,15). The number of aromatic carboxylic acids is 1. The van der Waals surface area contributed by atoms with Crippen LogP contribution in [0, 0.1) is 0 Å². The van der Waals surface area contributed by atoms with E-state index >= 15 is 0 Å². The quantitative estimate of drug-likeness (QED) is 0.938. The average molecular weight is 301 g/mol. The third-order valence-electron chi connectivity index (χ3n) is 2.40. The van der Waals surface area contributed by atoms with Gasteiger partial charge >= 0.3 is 5.97 Å². The Morgan fingerprint density at radius 1 is 1.21 bits per heavy atom. The molecule has 0 aliphatic heterocycles. The molecule has 7 heteroatoms. The molecule has 0 saturated heterocycles. The fraction of sp³-hybridized carbons (Fsp3) is 0.0833. The lowest BCUT2D eigenvalue weighted by Gasteiger charge is -2.03. The van der Waals surface area contributed by atoms with Crippen LogP contribution in [-0.4, -0.2) is 19.5 Å². The minimum Gasteiger partial charge on any atom is -0.475 e. The van der Waals surface area contributed by atoms with E-state index in [0.29, 0.717) is 10.6 Å². The predicted octanol–water partition coefficient (Wildman–Crippen LogP) is 2.61. The van der Waals surface area contributed by atoms with Crippen LogP contribution >= 0.6 is 11.6 Å². The molecule has 100 valence electrons. The number of hydrogen-bond donors (Lipinski definition) is 1. The van der Waals surface area contributed by atoms with Gasteiger partial charge in [0, 0.05) is 5.02 Å². The first-order valence-corrected chi connectivity index (χ1v) is 7.22. The number of benzene rings is 1. The zero-order chi connectivity index (χ0) is 14.0. The van der Waals surface area contributed by atoms with Crippen molar-refractivity contribution in [2.24, 2.45) is 0 Å². The minimum absolute atomic E-state index is 0.330. The first-order valence-electron chi connectivity index (χ1n) is 5.19. The highest BCUT2D eigenvalue weighted by Gasteiger charge is 2.22. The number of carboxylic acids is 1. The Morgan fingerprint density at radius 3 is 2.47 bits per heavy atom. The molecule has 1 N–H and O–H groups in total. The van der Waals surface area contributed by atoms with Crippen molar-refractivity contribution in [3.05, 3.63) is 52.7 Å². The molecule has 0 amide bonds. The zero-order valence-corrected chi connectivity index (χ0v) is 11.1. The molecule has 5 nitrogen and oxygen atoms in total. The van der Waals surface area contributed by atoms with E-state index in [1.165, 1.54) is 0 Å². The number of carboxylic acid groups (broad SMARTS) is 1. The van der Waals surface area contributed by atoms with Gasteiger partial charge in [-0.15, -0.1) is 0 Å². The lowest BCUT2D eigenvalue weighted by Crippen LogP contribution is -2.04. The molecule has 0 saturated carbocycles. The van der Waals surface area contributed by atoms with Crippen LogP contribution in [0.1, 0.15) is 16.1 Å². The van der Waals surface area contributed by atoms with Crippen molar-refractivity contribution < 1.29 is 22.7 Å². The van der Waals surface area contributed by atoms with Gasteiger partial charge in [0.1, 0.15) is 0 Å². The number of halogens is 1. The summed E-state index contributed by atoms with van der Waals surface area (Å²) in [5.74, 6) is -2.09. The van der Waals surface area contributed by atoms with Crippen molar-refractivity contribution in [2.45, 2.75) is 10.8 Å². The highest BCUT2D eigenvalue weighted by molar-refractivity contribution is 7.90. The van der Waals surface area contributed by atoms with Crippen LogP contribution in [0.15, 0.2) is 45.9 Å². The molecule has 0 spiro atoms. The third-order valence-corrected chi connectivity index (χ3v) is 4.29. The summed E-state index contributed by atoms with van der Waals surface area (Å²) < 4.78 is 28.9. The number of rotatable bonds is 4. The summed E-state index contributed by atoms with van der Waals surface area (Å²) in [7, 11) is -3.76. The van der Waals surface area contributed by atoms with E-state index in [1.54, 1.807) is 24.3 Å². The maximum absolute atomic E-state index is 12.0.